The van der Waals surface area contributed by atoms with Crippen LogP contribution < -0.4 is 19.1 Å². The largest absolute Gasteiger partial charge is 0.493 e. The van der Waals surface area contributed by atoms with E-state index in [4.69, 9.17) is 19.2 Å². The van der Waals surface area contributed by atoms with E-state index in [0.717, 1.165) is 27.2 Å². The van der Waals surface area contributed by atoms with Crippen LogP contribution in [0.3, 0.4) is 0 Å². The van der Waals surface area contributed by atoms with Crippen LogP contribution in [0.15, 0.2) is 36.4 Å². The summed E-state index contributed by atoms with van der Waals surface area (Å²) in [6.07, 6.45) is 0. The Balaban J connectivity index is 1.79. The van der Waals surface area contributed by atoms with Crippen molar-refractivity contribution in [1.82, 2.24) is 14.8 Å². The van der Waals surface area contributed by atoms with Crippen molar-refractivity contribution in [2.75, 3.05) is 32.8 Å². The highest BCUT2D eigenvalue weighted by Crippen LogP contribution is 2.39. The Morgan fingerprint density at radius 1 is 1.06 bits per heavy atom. The van der Waals surface area contributed by atoms with Gasteiger partial charge in [-0.2, -0.15) is 5.10 Å². The van der Waals surface area contributed by atoms with Crippen LogP contribution in [0.2, 0.25) is 0 Å². The second-order valence-corrected chi connectivity index (χ2v) is 9.88. The summed E-state index contributed by atoms with van der Waals surface area (Å²) >= 11 is 1.51. The Morgan fingerprint density at radius 2 is 1.75 bits per heavy atom. The van der Waals surface area contributed by atoms with Gasteiger partial charge in [0.2, 0.25) is 5.75 Å². The first-order valence-electron chi connectivity index (χ1n) is 11.8. The van der Waals surface area contributed by atoms with E-state index in [0.29, 0.717) is 47.0 Å². The van der Waals surface area contributed by atoms with E-state index in [1.54, 1.807) is 17.0 Å². The minimum Gasteiger partial charge on any atom is -0.493 e. The number of rotatable bonds is 9. The van der Waals surface area contributed by atoms with Gasteiger partial charge in [0.05, 0.1) is 43.8 Å². The maximum absolute atomic E-state index is 14.0. The molecule has 0 fully saturated rings. The summed E-state index contributed by atoms with van der Waals surface area (Å²) in [5.41, 5.74) is 4.49. The molecule has 2 aromatic carbocycles. The molecule has 0 aliphatic rings. The van der Waals surface area contributed by atoms with Gasteiger partial charge in [0.1, 0.15) is 0 Å². The molecule has 0 atom stereocenters. The third-order valence-corrected chi connectivity index (χ3v) is 7.13. The van der Waals surface area contributed by atoms with Crippen LogP contribution >= 0.6 is 11.3 Å². The number of thiazole rings is 1. The van der Waals surface area contributed by atoms with E-state index in [1.165, 1.54) is 32.7 Å². The fourth-order valence-corrected chi connectivity index (χ4v) is 5.30. The Morgan fingerprint density at radius 3 is 2.31 bits per heavy atom. The number of aromatic nitrogens is 3. The first kappa shape index (κ1) is 25.5. The Kier molecular flexibility index (Phi) is 7.49. The van der Waals surface area contributed by atoms with Gasteiger partial charge in [-0.15, -0.1) is 0 Å². The third kappa shape index (κ3) is 4.88. The lowest BCUT2D eigenvalue weighted by Crippen LogP contribution is -2.34. The lowest BCUT2D eigenvalue weighted by Gasteiger charge is -2.22. The van der Waals surface area contributed by atoms with Crippen molar-refractivity contribution in [1.29, 1.82) is 0 Å². The molecule has 0 spiro atoms. The van der Waals surface area contributed by atoms with E-state index in [1.807, 2.05) is 36.7 Å². The molecule has 36 heavy (non-hydrogen) atoms. The number of aryl methyl sites for hydroxylation is 2. The van der Waals surface area contributed by atoms with Crippen molar-refractivity contribution < 1.29 is 19.0 Å². The van der Waals surface area contributed by atoms with Crippen LogP contribution in [0.5, 0.6) is 17.2 Å². The van der Waals surface area contributed by atoms with Gasteiger partial charge in [-0.1, -0.05) is 37.3 Å². The quantitative estimate of drug-likeness (QED) is 0.293. The fraction of sp³-hybridized carbons (Fsp3) is 0.370. The zero-order chi connectivity index (χ0) is 26.0. The molecule has 0 unspecified atom stereocenters. The SMILES string of the molecule is COc1cc(C(=O)N(CCn2nc(C)cc2C)c2nc3c(C(C)C)cccc3s2)cc(OC)c1OC. The van der Waals surface area contributed by atoms with Gasteiger partial charge >= 0.3 is 0 Å². The number of hydrogen-bond acceptors (Lipinski definition) is 7. The summed E-state index contributed by atoms with van der Waals surface area (Å²) in [5, 5.41) is 5.21. The molecule has 0 N–H and O–H groups in total. The second-order valence-electron chi connectivity index (χ2n) is 8.87. The number of carbonyl (C=O) groups excluding carboxylic acids is 1. The number of carbonyl (C=O) groups is 1. The normalized spacial score (nSPS) is 11.2. The molecule has 4 aromatic rings. The first-order chi connectivity index (χ1) is 17.3. The van der Waals surface area contributed by atoms with Crippen molar-refractivity contribution in [3.05, 3.63) is 58.9 Å². The minimum atomic E-state index is -0.207. The highest BCUT2D eigenvalue weighted by Gasteiger charge is 2.25. The first-order valence-corrected chi connectivity index (χ1v) is 12.6. The summed E-state index contributed by atoms with van der Waals surface area (Å²) in [7, 11) is 4.61. The van der Waals surface area contributed by atoms with Crippen molar-refractivity contribution in [3.8, 4) is 17.2 Å². The van der Waals surface area contributed by atoms with Crippen LogP contribution in [0.25, 0.3) is 10.2 Å². The summed E-state index contributed by atoms with van der Waals surface area (Å²) in [5.74, 6) is 1.39. The molecule has 0 bridgehead atoms. The Hall–Kier alpha value is -3.59. The molecule has 2 aromatic heterocycles. The molecule has 0 radical (unpaired) electrons. The predicted octanol–water partition coefficient (Wildman–Crippen LogP) is 5.61. The fourth-order valence-electron chi connectivity index (χ4n) is 4.28. The molecule has 0 saturated carbocycles. The van der Waals surface area contributed by atoms with Crippen molar-refractivity contribution in [2.24, 2.45) is 0 Å². The number of anilines is 1. The average molecular weight is 509 g/mol. The minimum absolute atomic E-state index is 0.207. The summed E-state index contributed by atoms with van der Waals surface area (Å²) < 4.78 is 19.4. The maximum Gasteiger partial charge on any atom is 0.260 e. The summed E-state index contributed by atoms with van der Waals surface area (Å²) in [6, 6.07) is 11.6. The van der Waals surface area contributed by atoms with Crippen molar-refractivity contribution in [3.63, 3.8) is 0 Å². The predicted molar refractivity (Wildman–Crippen MR) is 143 cm³/mol. The van der Waals surface area contributed by atoms with Gasteiger partial charge < -0.3 is 14.2 Å². The molecular formula is C27H32N4O4S. The number of para-hydroxylation sites is 1. The van der Waals surface area contributed by atoms with Gasteiger partial charge in [-0.3, -0.25) is 14.4 Å². The van der Waals surface area contributed by atoms with Crippen LogP contribution in [0, 0.1) is 13.8 Å². The average Bonchev–Trinajstić information content (AvgIpc) is 3.44. The molecule has 1 amide bonds. The zero-order valence-corrected chi connectivity index (χ0v) is 22.6. The van der Waals surface area contributed by atoms with E-state index in [2.05, 4.69) is 25.0 Å². The number of ether oxygens (including phenoxy) is 3. The summed E-state index contributed by atoms with van der Waals surface area (Å²) in [4.78, 5) is 20.7. The maximum atomic E-state index is 14.0. The highest BCUT2D eigenvalue weighted by atomic mass is 32.1. The van der Waals surface area contributed by atoms with Gasteiger partial charge in [0.25, 0.3) is 5.91 Å². The number of methoxy groups -OCH3 is 3. The molecule has 8 nitrogen and oxygen atoms in total. The molecular weight excluding hydrogens is 476 g/mol. The Labute approximate surface area is 215 Å². The van der Waals surface area contributed by atoms with Crippen LogP contribution in [-0.2, 0) is 6.54 Å². The van der Waals surface area contributed by atoms with Gasteiger partial charge in [0.15, 0.2) is 16.6 Å². The van der Waals surface area contributed by atoms with Crippen LogP contribution in [-0.4, -0.2) is 48.5 Å². The van der Waals surface area contributed by atoms with Gasteiger partial charge in [0, 0.05) is 17.8 Å². The number of nitrogens with zero attached hydrogens (tertiary/aromatic N) is 4. The standard InChI is InChI=1S/C27H32N4O4S/c1-16(2)20-9-8-10-23-24(20)28-27(36-23)30(11-12-31-18(4)13-17(3)29-31)26(32)19-14-21(33-5)25(35-7)22(15-19)34-6/h8-10,13-16H,11-12H2,1-7H3. The van der Waals surface area contributed by atoms with E-state index >= 15 is 0 Å². The zero-order valence-electron chi connectivity index (χ0n) is 21.8. The topological polar surface area (TPSA) is 78.7 Å². The molecule has 2 heterocycles. The monoisotopic (exact) mass is 508 g/mol. The van der Waals surface area contributed by atoms with Crippen molar-refractivity contribution >= 4 is 32.6 Å². The van der Waals surface area contributed by atoms with E-state index in [9.17, 15) is 4.79 Å². The van der Waals surface area contributed by atoms with E-state index in [-0.39, 0.29) is 5.91 Å². The van der Waals surface area contributed by atoms with Crippen LogP contribution in [0.1, 0.15) is 47.1 Å². The number of amides is 1. The van der Waals surface area contributed by atoms with Crippen LogP contribution in [0.4, 0.5) is 5.13 Å². The smallest absolute Gasteiger partial charge is 0.260 e. The number of fused-ring (bicyclic) bond motifs is 1. The molecule has 190 valence electrons. The number of benzene rings is 2. The van der Waals surface area contributed by atoms with Crippen molar-refractivity contribution in [2.45, 2.75) is 40.2 Å². The van der Waals surface area contributed by atoms with Gasteiger partial charge in [-0.05, 0) is 49.6 Å². The third-order valence-electron chi connectivity index (χ3n) is 6.09. The highest BCUT2D eigenvalue weighted by molar-refractivity contribution is 7.22. The lowest BCUT2D eigenvalue weighted by atomic mass is 10.0. The lowest BCUT2D eigenvalue weighted by molar-refractivity contribution is 0.0985. The second kappa shape index (κ2) is 10.6. The molecule has 0 saturated heterocycles. The Bertz CT molecular complexity index is 1370. The number of hydrogen-bond donors (Lipinski definition) is 0. The molecule has 9 heteroatoms. The van der Waals surface area contributed by atoms with Gasteiger partial charge in [-0.25, -0.2) is 4.98 Å². The molecule has 0 aliphatic heterocycles. The van der Waals surface area contributed by atoms with E-state index < -0.39 is 0 Å². The molecule has 0 aliphatic carbocycles. The summed E-state index contributed by atoms with van der Waals surface area (Å²) in [6.45, 7) is 9.20. The molecule has 4 rings (SSSR count).